The molecule has 1 aliphatic rings. The van der Waals surface area contributed by atoms with E-state index in [-0.39, 0.29) is 5.41 Å². The molecule has 5 heterocycles. The fraction of sp³-hybridized carbons (Fsp3) is 0.0769. The largest absolute Gasteiger partial charge is 0.456 e. The Kier molecular flexibility index (Phi) is 6.19. The van der Waals surface area contributed by atoms with Crippen LogP contribution in [0.2, 0.25) is 0 Å². The summed E-state index contributed by atoms with van der Waals surface area (Å²) in [7, 11) is 0.761. The van der Waals surface area contributed by atoms with E-state index in [1.54, 1.807) is 0 Å². The molecule has 274 valence electrons. The van der Waals surface area contributed by atoms with Crippen molar-refractivity contribution >= 4 is 117 Å². The Labute approximate surface area is 333 Å². The zero-order valence-electron chi connectivity index (χ0n) is 32.2. The Bertz CT molecular complexity index is 3720. The first kappa shape index (κ1) is 32.0. The van der Waals surface area contributed by atoms with Gasteiger partial charge >= 0.3 is 0 Å². The van der Waals surface area contributed by atoms with Gasteiger partial charge in [0.15, 0.2) is 7.28 Å². The fourth-order valence-electron chi connectivity index (χ4n) is 9.72. The molecule has 0 unspecified atom stereocenters. The minimum absolute atomic E-state index is 0.0632. The third-order valence-corrected chi connectivity index (χ3v) is 12.6. The molecule has 4 aromatic heterocycles. The summed E-state index contributed by atoms with van der Waals surface area (Å²) in [5.41, 5.74) is 17.1. The Balaban J connectivity index is 1.12. The van der Waals surface area contributed by atoms with Gasteiger partial charge in [-0.3, -0.25) is 0 Å². The molecule has 5 nitrogen and oxygen atoms in total. The minimum atomic E-state index is 0.0632. The van der Waals surface area contributed by atoms with Crippen molar-refractivity contribution in [2.24, 2.45) is 0 Å². The lowest BCUT2D eigenvalue weighted by molar-refractivity contribution is 0.590. The lowest BCUT2D eigenvalue weighted by Crippen LogP contribution is -2.37. The Hall–Kier alpha value is -7.18. The van der Waals surface area contributed by atoms with E-state index in [4.69, 9.17) is 13.3 Å². The molecule has 0 saturated carbocycles. The number of anilines is 2. The van der Waals surface area contributed by atoms with Crippen LogP contribution in [0.4, 0.5) is 11.4 Å². The normalized spacial score (nSPS) is 12.9. The first-order valence-electron chi connectivity index (χ1n) is 20.0. The predicted molar refractivity (Wildman–Crippen MR) is 243 cm³/mol. The first-order valence-corrected chi connectivity index (χ1v) is 20.0. The van der Waals surface area contributed by atoms with Crippen molar-refractivity contribution in [1.82, 2.24) is 4.57 Å². The van der Waals surface area contributed by atoms with E-state index in [1.165, 1.54) is 38.3 Å². The topological polar surface area (TPSA) is 56.4 Å². The van der Waals surface area contributed by atoms with Crippen LogP contribution >= 0.6 is 0 Å². The molecular formula is C52H35BN2O3. The van der Waals surface area contributed by atoms with Crippen molar-refractivity contribution in [3.8, 4) is 16.8 Å². The highest BCUT2D eigenvalue weighted by Gasteiger charge is 2.29. The maximum absolute atomic E-state index is 6.52. The summed E-state index contributed by atoms with van der Waals surface area (Å²) < 4.78 is 22.0. The highest BCUT2D eigenvalue weighted by molar-refractivity contribution is 6.73. The van der Waals surface area contributed by atoms with Crippen LogP contribution in [0.3, 0.4) is 0 Å². The zero-order chi connectivity index (χ0) is 38.4. The Morgan fingerprint density at radius 1 is 0.483 bits per heavy atom. The van der Waals surface area contributed by atoms with Crippen molar-refractivity contribution in [1.29, 1.82) is 0 Å². The highest BCUT2D eigenvalue weighted by Crippen LogP contribution is 2.43. The van der Waals surface area contributed by atoms with Crippen LogP contribution in [0.5, 0.6) is 0 Å². The molecule has 0 fully saturated rings. The fourth-order valence-corrected chi connectivity index (χ4v) is 9.72. The number of fused-ring (bicyclic) bond motifs is 14. The summed E-state index contributed by atoms with van der Waals surface area (Å²) in [6.07, 6.45) is 0. The number of benzene rings is 8. The first-order chi connectivity index (χ1) is 28.3. The summed E-state index contributed by atoms with van der Waals surface area (Å²) in [6.45, 7) is 6.76. The van der Waals surface area contributed by atoms with Gasteiger partial charge in [0, 0.05) is 77.7 Å². The second-order valence-electron chi connectivity index (χ2n) is 17.0. The van der Waals surface area contributed by atoms with Gasteiger partial charge in [0.25, 0.3) is 0 Å². The van der Waals surface area contributed by atoms with Gasteiger partial charge in [-0.2, -0.15) is 0 Å². The van der Waals surface area contributed by atoms with Gasteiger partial charge in [-0.15, -0.1) is 0 Å². The van der Waals surface area contributed by atoms with E-state index in [0.717, 1.165) is 101 Å². The molecule has 1 N–H and O–H groups in total. The molecular weight excluding hydrogens is 711 g/mol. The van der Waals surface area contributed by atoms with E-state index < -0.39 is 0 Å². The van der Waals surface area contributed by atoms with Gasteiger partial charge in [0.2, 0.25) is 0 Å². The molecule has 0 spiro atoms. The molecule has 8 aromatic carbocycles. The molecule has 1 aliphatic heterocycles. The van der Waals surface area contributed by atoms with Gasteiger partial charge in [0.1, 0.15) is 33.5 Å². The van der Waals surface area contributed by atoms with Gasteiger partial charge in [-0.1, -0.05) is 111 Å². The van der Waals surface area contributed by atoms with Gasteiger partial charge in [-0.05, 0) is 70.5 Å². The second kappa shape index (κ2) is 11.2. The smallest absolute Gasteiger partial charge is 0.198 e. The lowest BCUT2D eigenvalue weighted by Gasteiger charge is -2.24. The molecule has 12 aromatic rings. The Morgan fingerprint density at radius 3 is 1.72 bits per heavy atom. The van der Waals surface area contributed by atoms with Gasteiger partial charge in [-0.25, -0.2) is 0 Å². The van der Waals surface area contributed by atoms with Crippen LogP contribution in [0, 0.1) is 0 Å². The van der Waals surface area contributed by atoms with Gasteiger partial charge in [0.05, 0.1) is 11.2 Å². The summed E-state index contributed by atoms with van der Waals surface area (Å²) in [5, 5.41) is 12.9. The summed E-state index contributed by atoms with van der Waals surface area (Å²) >= 11 is 0. The maximum Gasteiger partial charge on any atom is 0.198 e. The average Bonchev–Trinajstić information content (AvgIpc) is 3.98. The van der Waals surface area contributed by atoms with E-state index in [9.17, 15) is 0 Å². The number of nitrogens with zero attached hydrogens (tertiary/aromatic N) is 1. The molecule has 0 amide bonds. The van der Waals surface area contributed by atoms with Crippen molar-refractivity contribution in [3.05, 3.63) is 151 Å². The maximum atomic E-state index is 6.52. The molecule has 0 radical (unpaired) electrons. The molecule has 0 saturated heterocycles. The van der Waals surface area contributed by atoms with Crippen LogP contribution in [-0.4, -0.2) is 11.8 Å². The quantitative estimate of drug-likeness (QED) is 0.183. The number of furan rings is 3. The van der Waals surface area contributed by atoms with Gasteiger partial charge < -0.3 is 23.1 Å². The van der Waals surface area contributed by atoms with E-state index >= 15 is 0 Å². The van der Waals surface area contributed by atoms with Crippen LogP contribution in [-0.2, 0) is 5.41 Å². The number of rotatable bonds is 3. The summed E-state index contributed by atoms with van der Waals surface area (Å²) in [6, 6.07) is 52.2. The number of aromatic nitrogens is 1. The minimum Gasteiger partial charge on any atom is -0.456 e. The lowest BCUT2D eigenvalue weighted by atomic mass is 9.59. The van der Waals surface area contributed by atoms with E-state index in [2.05, 4.69) is 158 Å². The third kappa shape index (κ3) is 4.43. The van der Waals surface area contributed by atoms with E-state index in [1.807, 2.05) is 18.2 Å². The van der Waals surface area contributed by atoms with Crippen LogP contribution in [0.25, 0.3) is 104 Å². The molecule has 0 bridgehead atoms. The molecule has 6 heteroatoms. The molecule has 0 aliphatic carbocycles. The number of hydrogen-bond acceptors (Lipinski definition) is 4. The SMILES string of the molecule is CC(C)(C)c1ccc(Nc2cc3oc4ccccc4c3cc2-c2ccc3c4cc5oc6ccccc6c5cc4n4c3c2Bc2cc3c(cc2-4)oc2ccccc23)cc1. The standard InChI is InChI=1S/C52H35BN2O3/c1-52(2,3)28-16-18-29(19-17-28)54-41-26-48-37(30-10-4-7-13-44(30)57-48)22-35(41)33-20-21-34-36-25-47-39(32-12-6-9-15-46(32)56-47)24-42(36)55-43-27-49-38(23-40(43)53-50(33)51(34)55)31-11-5-8-14-45(31)58-49/h4-27,53-54H,1-3H3. The summed E-state index contributed by atoms with van der Waals surface area (Å²) in [5.74, 6) is 0. The third-order valence-electron chi connectivity index (χ3n) is 12.6. The number of hydrogen-bond donors (Lipinski definition) is 1. The van der Waals surface area contributed by atoms with E-state index in [0.29, 0.717) is 0 Å². The predicted octanol–water partition coefficient (Wildman–Crippen LogP) is 12.9. The average molecular weight is 747 g/mol. The van der Waals surface area contributed by atoms with Crippen molar-refractivity contribution in [2.75, 3.05) is 5.32 Å². The van der Waals surface area contributed by atoms with Crippen LogP contribution in [0.1, 0.15) is 26.3 Å². The van der Waals surface area contributed by atoms with Crippen LogP contribution in [0.15, 0.2) is 159 Å². The highest BCUT2D eigenvalue weighted by atomic mass is 16.3. The van der Waals surface area contributed by atoms with Crippen LogP contribution < -0.4 is 16.2 Å². The molecule has 58 heavy (non-hydrogen) atoms. The zero-order valence-corrected chi connectivity index (χ0v) is 32.2. The van der Waals surface area contributed by atoms with Crippen molar-refractivity contribution in [2.45, 2.75) is 26.2 Å². The van der Waals surface area contributed by atoms with Crippen molar-refractivity contribution in [3.63, 3.8) is 0 Å². The monoisotopic (exact) mass is 746 g/mol. The summed E-state index contributed by atoms with van der Waals surface area (Å²) in [4.78, 5) is 0. The number of nitrogens with one attached hydrogen (secondary N) is 1. The van der Waals surface area contributed by atoms with Crippen molar-refractivity contribution < 1.29 is 13.3 Å². The molecule has 0 atom stereocenters. The number of para-hydroxylation sites is 3. The molecule has 13 rings (SSSR count). The Morgan fingerprint density at radius 2 is 1.07 bits per heavy atom. The second-order valence-corrected chi connectivity index (χ2v) is 17.0.